The van der Waals surface area contributed by atoms with Crippen molar-refractivity contribution >= 4 is 11.6 Å². The van der Waals surface area contributed by atoms with Gasteiger partial charge in [0.15, 0.2) is 0 Å². The quantitative estimate of drug-likeness (QED) is 0.674. The number of carbonyl (C=O) groups excluding carboxylic acids is 1. The van der Waals surface area contributed by atoms with Crippen LogP contribution in [0.3, 0.4) is 0 Å². The molecule has 2 N–H and O–H groups in total. The van der Waals surface area contributed by atoms with Crippen molar-refractivity contribution < 1.29 is 14.3 Å². The summed E-state index contributed by atoms with van der Waals surface area (Å²) >= 11 is 0. The van der Waals surface area contributed by atoms with E-state index in [2.05, 4.69) is 5.32 Å². The average Bonchev–Trinajstić information content (AvgIpc) is 2.40. The van der Waals surface area contributed by atoms with E-state index in [4.69, 9.17) is 5.11 Å². The zero-order valence-corrected chi connectivity index (χ0v) is 6.75. The number of anilines is 1. The molecule has 13 heavy (non-hydrogen) atoms. The minimum absolute atomic E-state index is 0.275. The lowest BCUT2D eigenvalue weighted by molar-refractivity contribution is -0.117. The van der Waals surface area contributed by atoms with Gasteiger partial charge in [-0.25, -0.2) is 4.39 Å². The summed E-state index contributed by atoms with van der Waals surface area (Å²) in [6.45, 7) is -0.289. The number of rotatable bonds is 1. The first-order valence-corrected chi connectivity index (χ1v) is 3.93. The number of aliphatic hydroxyl groups is 1. The Morgan fingerprint density at radius 2 is 2.31 bits per heavy atom. The van der Waals surface area contributed by atoms with Gasteiger partial charge in [-0.2, -0.15) is 0 Å². The topological polar surface area (TPSA) is 49.3 Å². The van der Waals surface area contributed by atoms with Crippen molar-refractivity contribution in [1.82, 2.24) is 0 Å². The first-order valence-electron chi connectivity index (χ1n) is 3.93. The minimum Gasteiger partial charge on any atom is -0.395 e. The van der Waals surface area contributed by atoms with Crippen LogP contribution in [0, 0.1) is 5.82 Å². The monoisotopic (exact) mass is 181 g/mol. The molecule has 1 aliphatic heterocycles. The molecule has 1 atom stereocenters. The van der Waals surface area contributed by atoms with Crippen LogP contribution in [0.15, 0.2) is 18.2 Å². The largest absolute Gasteiger partial charge is 0.395 e. The minimum atomic E-state index is -0.620. The maximum Gasteiger partial charge on any atom is 0.234 e. The maximum atomic E-state index is 12.8. The Morgan fingerprint density at radius 1 is 1.54 bits per heavy atom. The number of benzene rings is 1. The van der Waals surface area contributed by atoms with Crippen LogP contribution in [-0.2, 0) is 4.79 Å². The number of hydrogen-bond acceptors (Lipinski definition) is 2. The Bertz CT molecular complexity index is 365. The lowest BCUT2D eigenvalue weighted by atomic mass is 10.0. The Labute approximate surface area is 74.2 Å². The molecule has 0 radical (unpaired) electrons. The smallest absolute Gasteiger partial charge is 0.234 e. The van der Waals surface area contributed by atoms with Gasteiger partial charge in [-0.1, -0.05) is 0 Å². The van der Waals surface area contributed by atoms with Gasteiger partial charge in [-0.15, -0.1) is 0 Å². The van der Waals surface area contributed by atoms with Crippen LogP contribution >= 0.6 is 0 Å². The Hall–Kier alpha value is -1.42. The van der Waals surface area contributed by atoms with Crippen LogP contribution in [0.25, 0.3) is 0 Å². The summed E-state index contributed by atoms with van der Waals surface area (Å²) in [5.41, 5.74) is 1.12. The molecule has 1 aromatic carbocycles. The highest BCUT2D eigenvalue weighted by Gasteiger charge is 2.29. The molecule has 1 aliphatic rings. The predicted octanol–water partition coefficient (Wildman–Crippen LogP) is 0.854. The molecule has 0 saturated heterocycles. The molecule has 0 aromatic heterocycles. The molecule has 1 unspecified atom stereocenters. The first kappa shape index (κ1) is 8.19. The van der Waals surface area contributed by atoms with Crippen LogP contribution in [0.4, 0.5) is 10.1 Å². The molecule has 2 rings (SSSR count). The van der Waals surface area contributed by atoms with E-state index in [-0.39, 0.29) is 12.5 Å². The van der Waals surface area contributed by atoms with Gasteiger partial charge in [0.2, 0.25) is 5.91 Å². The second-order valence-corrected chi connectivity index (χ2v) is 2.96. The summed E-state index contributed by atoms with van der Waals surface area (Å²) in [7, 11) is 0. The van der Waals surface area contributed by atoms with Crippen LogP contribution in [-0.4, -0.2) is 17.6 Å². The molecular weight excluding hydrogens is 173 g/mol. The molecule has 0 fully saturated rings. The molecule has 3 nitrogen and oxygen atoms in total. The van der Waals surface area contributed by atoms with E-state index in [0.29, 0.717) is 11.3 Å². The third kappa shape index (κ3) is 1.19. The third-order valence-corrected chi connectivity index (χ3v) is 2.15. The van der Waals surface area contributed by atoms with Crippen LogP contribution in [0.2, 0.25) is 0 Å². The molecule has 1 heterocycles. The highest BCUT2D eigenvalue weighted by Crippen LogP contribution is 2.32. The Morgan fingerprint density at radius 3 is 3.00 bits per heavy atom. The van der Waals surface area contributed by atoms with Crippen LogP contribution in [0.5, 0.6) is 0 Å². The van der Waals surface area contributed by atoms with Gasteiger partial charge in [-0.3, -0.25) is 4.79 Å². The maximum absolute atomic E-state index is 12.8. The van der Waals surface area contributed by atoms with E-state index in [0.717, 1.165) is 0 Å². The SMILES string of the molecule is O=C1Nc2ccc(F)cc2C1CO. The molecular formula is C9H8FNO2. The molecule has 0 saturated carbocycles. The van der Waals surface area contributed by atoms with Gasteiger partial charge in [-0.05, 0) is 23.8 Å². The zero-order valence-electron chi connectivity index (χ0n) is 6.75. The second kappa shape index (κ2) is 2.81. The highest BCUT2D eigenvalue weighted by atomic mass is 19.1. The van der Waals surface area contributed by atoms with Gasteiger partial charge in [0, 0.05) is 5.69 Å². The van der Waals surface area contributed by atoms with Crippen molar-refractivity contribution in [3.63, 3.8) is 0 Å². The summed E-state index contributed by atoms with van der Waals surface area (Å²) in [6, 6.07) is 4.05. The molecule has 0 aliphatic carbocycles. The molecule has 0 spiro atoms. The summed E-state index contributed by atoms with van der Waals surface area (Å²) < 4.78 is 12.8. The molecule has 4 heteroatoms. The molecule has 0 bridgehead atoms. The predicted molar refractivity (Wildman–Crippen MR) is 44.9 cm³/mol. The van der Waals surface area contributed by atoms with Crippen LogP contribution in [0.1, 0.15) is 11.5 Å². The van der Waals surface area contributed by atoms with Crippen LogP contribution < -0.4 is 5.32 Å². The summed E-state index contributed by atoms with van der Waals surface area (Å²) in [5.74, 6) is -1.29. The average molecular weight is 181 g/mol. The number of amides is 1. The van der Waals surface area contributed by atoms with Crippen molar-refractivity contribution in [2.24, 2.45) is 0 Å². The van der Waals surface area contributed by atoms with Crippen molar-refractivity contribution in [2.45, 2.75) is 5.92 Å². The highest BCUT2D eigenvalue weighted by molar-refractivity contribution is 6.02. The van der Waals surface area contributed by atoms with E-state index in [1.54, 1.807) is 0 Å². The standard InChI is InChI=1S/C9H8FNO2/c10-5-1-2-8-6(3-5)7(4-12)9(13)11-8/h1-3,7,12H,4H2,(H,11,13). The molecule has 68 valence electrons. The summed E-state index contributed by atoms with van der Waals surface area (Å²) in [6.07, 6.45) is 0. The van der Waals surface area contributed by atoms with Gasteiger partial charge >= 0.3 is 0 Å². The molecule has 1 amide bonds. The number of fused-ring (bicyclic) bond motifs is 1. The van der Waals surface area contributed by atoms with Gasteiger partial charge in [0.1, 0.15) is 5.82 Å². The number of nitrogens with one attached hydrogen (secondary N) is 1. The van der Waals surface area contributed by atoms with Crippen molar-refractivity contribution in [2.75, 3.05) is 11.9 Å². The van der Waals surface area contributed by atoms with Crippen molar-refractivity contribution in [3.8, 4) is 0 Å². The number of carbonyl (C=O) groups is 1. The fraction of sp³-hybridized carbons (Fsp3) is 0.222. The number of hydrogen-bond donors (Lipinski definition) is 2. The number of halogens is 1. The molecule has 1 aromatic rings. The first-order chi connectivity index (χ1) is 6.22. The van der Waals surface area contributed by atoms with Gasteiger partial charge < -0.3 is 10.4 Å². The van der Waals surface area contributed by atoms with Crippen molar-refractivity contribution in [1.29, 1.82) is 0 Å². The third-order valence-electron chi connectivity index (χ3n) is 2.15. The normalized spacial score (nSPS) is 19.8. The fourth-order valence-electron chi connectivity index (χ4n) is 1.48. The lowest BCUT2D eigenvalue weighted by Gasteiger charge is -2.02. The van der Waals surface area contributed by atoms with E-state index < -0.39 is 11.7 Å². The van der Waals surface area contributed by atoms with E-state index >= 15 is 0 Å². The summed E-state index contributed by atoms with van der Waals surface area (Å²) in [4.78, 5) is 11.2. The van der Waals surface area contributed by atoms with Gasteiger partial charge in [0.25, 0.3) is 0 Å². The Kier molecular flexibility index (Phi) is 1.77. The van der Waals surface area contributed by atoms with E-state index in [9.17, 15) is 9.18 Å². The van der Waals surface area contributed by atoms with E-state index in [1.165, 1.54) is 18.2 Å². The van der Waals surface area contributed by atoms with Crippen molar-refractivity contribution in [3.05, 3.63) is 29.6 Å². The lowest BCUT2D eigenvalue weighted by Crippen LogP contribution is -2.14. The fourth-order valence-corrected chi connectivity index (χ4v) is 1.48. The van der Waals surface area contributed by atoms with Gasteiger partial charge in [0.05, 0.1) is 12.5 Å². The van der Waals surface area contributed by atoms with E-state index in [1.807, 2.05) is 0 Å². The number of aliphatic hydroxyl groups excluding tert-OH is 1. The summed E-state index contributed by atoms with van der Waals surface area (Å²) in [5, 5.41) is 11.5. The Balaban J connectivity index is 2.50. The second-order valence-electron chi connectivity index (χ2n) is 2.96. The zero-order chi connectivity index (χ0) is 9.42.